The number of benzene rings is 1. The van der Waals surface area contributed by atoms with Crippen LogP contribution in [-0.4, -0.2) is 10.1 Å². The first kappa shape index (κ1) is 14.1. The molecule has 0 spiro atoms. The van der Waals surface area contributed by atoms with Crippen molar-refractivity contribution < 1.29 is 4.52 Å². The minimum atomic E-state index is -0.395. The van der Waals surface area contributed by atoms with Crippen molar-refractivity contribution in [3.63, 3.8) is 0 Å². The summed E-state index contributed by atoms with van der Waals surface area (Å²) in [4.78, 5) is 5.65. The summed E-state index contributed by atoms with van der Waals surface area (Å²) in [6.07, 6.45) is 4.16. The van der Waals surface area contributed by atoms with E-state index in [0.29, 0.717) is 17.5 Å². The molecule has 6 heteroatoms. The van der Waals surface area contributed by atoms with Crippen molar-refractivity contribution in [1.82, 2.24) is 10.1 Å². The molecule has 1 heterocycles. The molecule has 1 aliphatic rings. The number of hydrogen-bond donors (Lipinski definition) is 1. The Morgan fingerprint density at radius 2 is 1.95 bits per heavy atom. The van der Waals surface area contributed by atoms with Crippen molar-refractivity contribution in [2.45, 2.75) is 41.9 Å². The fraction of sp³-hybridized carbons (Fsp3) is 0.429. The van der Waals surface area contributed by atoms with Gasteiger partial charge in [0.2, 0.25) is 5.89 Å². The van der Waals surface area contributed by atoms with Crippen LogP contribution in [0.2, 0.25) is 0 Å². The van der Waals surface area contributed by atoms with Gasteiger partial charge in [-0.3, -0.25) is 0 Å². The zero-order valence-corrected chi connectivity index (χ0v) is 13.4. The van der Waals surface area contributed by atoms with Gasteiger partial charge in [-0.2, -0.15) is 4.98 Å². The molecular weight excluding hydrogens is 338 g/mol. The van der Waals surface area contributed by atoms with Gasteiger partial charge in [0, 0.05) is 9.37 Å². The van der Waals surface area contributed by atoms with Crippen molar-refractivity contribution in [2.24, 2.45) is 5.73 Å². The average Bonchev–Trinajstić information content (AvgIpc) is 3.08. The Hall–Kier alpha value is -0.850. The third-order valence-corrected chi connectivity index (χ3v) is 5.11. The Kier molecular flexibility index (Phi) is 4.14. The zero-order chi connectivity index (χ0) is 14.0. The van der Waals surface area contributed by atoms with Crippen molar-refractivity contribution in [1.29, 1.82) is 0 Å². The summed E-state index contributed by atoms with van der Waals surface area (Å²) in [5, 5.41) is 4.04. The maximum atomic E-state index is 6.31. The van der Waals surface area contributed by atoms with Gasteiger partial charge in [0.15, 0.2) is 5.82 Å². The summed E-state index contributed by atoms with van der Waals surface area (Å²) in [5.74, 6) is 2.01. The van der Waals surface area contributed by atoms with Gasteiger partial charge in [-0.1, -0.05) is 33.9 Å². The van der Waals surface area contributed by atoms with E-state index < -0.39 is 5.54 Å². The topological polar surface area (TPSA) is 64.9 Å². The first-order valence-electron chi connectivity index (χ1n) is 6.66. The van der Waals surface area contributed by atoms with Crippen LogP contribution in [0.3, 0.4) is 0 Å². The Bertz CT molecular complexity index is 578. The lowest BCUT2D eigenvalue weighted by Gasteiger charge is -2.17. The van der Waals surface area contributed by atoms with E-state index in [4.69, 9.17) is 10.3 Å². The quantitative estimate of drug-likeness (QED) is 0.845. The molecule has 1 fully saturated rings. The summed E-state index contributed by atoms with van der Waals surface area (Å²) in [7, 11) is 0. The van der Waals surface area contributed by atoms with E-state index in [-0.39, 0.29) is 0 Å². The van der Waals surface area contributed by atoms with E-state index in [0.717, 1.165) is 30.2 Å². The Balaban J connectivity index is 1.64. The van der Waals surface area contributed by atoms with Crippen molar-refractivity contribution >= 4 is 27.7 Å². The Morgan fingerprint density at radius 3 is 2.65 bits per heavy atom. The number of hydrogen-bond acceptors (Lipinski definition) is 5. The minimum Gasteiger partial charge on any atom is -0.337 e. The molecular formula is C14H16BrN3OS. The maximum absolute atomic E-state index is 6.31. The van der Waals surface area contributed by atoms with Crippen LogP contribution < -0.4 is 5.73 Å². The van der Waals surface area contributed by atoms with Gasteiger partial charge >= 0.3 is 0 Å². The van der Waals surface area contributed by atoms with Crippen LogP contribution in [0.5, 0.6) is 0 Å². The molecule has 0 radical (unpaired) electrons. The molecule has 2 aromatic rings. The number of rotatable bonds is 4. The highest BCUT2D eigenvalue weighted by Gasteiger charge is 2.36. The van der Waals surface area contributed by atoms with E-state index in [1.165, 1.54) is 4.90 Å². The Morgan fingerprint density at radius 1 is 1.25 bits per heavy atom. The smallest absolute Gasteiger partial charge is 0.246 e. The average molecular weight is 354 g/mol. The van der Waals surface area contributed by atoms with Crippen LogP contribution in [0.15, 0.2) is 38.2 Å². The van der Waals surface area contributed by atoms with Crippen LogP contribution in [0.25, 0.3) is 0 Å². The van der Waals surface area contributed by atoms with Crippen molar-refractivity contribution in [2.75, 3.05) is 0 Å². The third kappa shape index (κ3) is 3.07. The number of thioether (sulfide) groups is 1. The number of aromatic nitrogens is 2. The lowest BCUT2D eigenvalue weighted by atomic mass is 10.00. The second kappa shape index (κ2) is 5.87. The lowest BCUT2D eigenvalue weighted by molar-refractivity contribution is 0.284. The standard InChI is InChI=1S/C14H16BrN3OS/c15-10-3-5-11(6-4-10)20-9-12-17-13(19-18-12)14(16)7-1-2-8-14/h3-6H,1-2,7-9,16H2. The zero-order valence-electron chi connectivity index (χ0n) is 11.0. The highest BCUT2D eigenvalue weighted by Crippen LogP contribution is 2.35. The van der Waals surface area contributed by atoms with Crippen LogP contribution in [-0.2, 0) is 11.3 Å². The van der Waals surface area contributed by atoms with E-state index in [1.54, 1.807) is 11.8 Å². The van der Waals surface area contributed by atoms with Gasteiger partial charge in [-0.15, -0.1) is 11.8 Å². The largest absolute Gasteiger partial charge is 0.337 e. The molecule has 1 aliphatic carbocycles. The van der Waals surface area contributed by atoms with Crippen LogP contribution >= 0.6 is 27.7 Å². The predicted octanol–water partition coefficient (Wildman–Crippen LogP) is 3.85. The fourth-order valence-corrected chi connectivity index (χ4v) is 3.42. The van der Waals surface area contributed by atoms with Crippen LogP contribution in [0.1, 0.15) is 37.4 Å². The Labute approximate surface area is 130 Å². The minimum absolute atomic E-state index is 0.395. The molecule has 0 amide bonds. The first-order chi connectivity index (χ1) is 9.66. The molecule has 0 unspecified atom stereocenters. The molecule has 1 aromatic heterocycles. The normalized spacial score (nSPS) is 17.5. The summed E-state index contributed by atoms with van der Waals surface area (Å²) >= 11 is 5.12. The van der Waals surface area contributed by atoms with Gasteiger partial charge in [0.1, 0.15) is 0 Å². The van der Waals surface area contributed by atoms with Crippen molar-refractivity contribution in [3.8, 4) is 0 Å². The molecule has 4 nitrogen and oxygen atoms in total. The van der Waals surface area contributed by atoms with E-state index in [1.807, 2.05) is 12.1 Å². The lowest BCUT2D eigenvalue weighted by Crippen LogP contribution is -2.33. The second-order valence-corrected chi connectivity index (χ2v) is 7.09. The van der Waals surface area contributed by atoms with Gasteiger partial charge in [-0.05, 0) is 37.1 Å². The van der Waals surface area contributed by atoms with Crippen LogP contribution in [0.4, 0.5) is 0 Å². The maximum Gasteiger partial charge on any atom is 0.246 e. The molecule has 3 rings (SSSR count). The molecule has 0 bridgehead atoms. The second-order valence-electron chi connectivity index (χ2n) is 5.12. The summed E-state index contributed by atoms with van der Waals surface area (Å²) < 4.78 is 6.43. The predicted molar refractivity (Wildman–Crippen MR) is 82.3 cm³/mol. The number of halogens is 1. The van der Waals surface area contributed by atoms with Gasteiger partial charge in [0.05, 0.1) is 11.3 Å². The van der Waals surface area contributed by atoms with Gasteiger partial charge < -0.3 is 10.3 Å². The van der Waals surface area contributed by atoms with Crippen molar-refractivity contribution in [3.05, 3.63) is 40.5 Å². The third-order valence-electron chi connectivity index (χ3n) is 3.57. The summed E-state index contributed by atoms with van der Waals surface area (Å²) in [6, 6.07) is 8.18. The molecule has 2 N–H and O–H groups in total. The van der Waals surface area contributed by atoms with E-state index in [2.05, 4.69) is 38.2 Å². The molecule has 106 valence electrons. The van der Waals surface area contributed by atoms with E-state index in [9.17, 15) is 0 Å². The molecule has 0 saturated heterocycles. The highest BCUT2D eigenvalue weighted by molar-refractivity contribution is 9.10. The number of nitrogens with zero attached hydrogens (tertiary/aromatic N) is 2. The molecule has 1 aromatic carbocycles. The van der Waals surface area contributed by atoms with Gasteiger partial charge in [0.25, 0.3) is 0 Å². The van der Waals surface area contributed by atoms with E-state index >= 15 is 0 Å². The molecule has 0 atom stereocenters. The SMILES string of the molecule is NC1(c2nc(CSc3ccc(Br)cc3)no2)CCCC1. The molecule has 1 saturated carbocycles. The van der Waals surface area contributed by atoms with Gasteiger partial charge in [-0.25, -0.2) is 0 Å². The summed E-state index contributed by atoms with van der Waals surface area (Å²) in [5.41, 5.74) is 5.91. The highest BCUT2D eigenvalue weighted by atomic mass is 79.9. The number of nitrogens with two attached hydrogens (primary N) is 1. The first-order valence-corrected chi connectivity index (χ1v) is 8.44. The summed E-state index contributed by atoms with van der Waals surface area (Å²) in [6.45, 7) is 0. The monoisotopic (exact) mass is 353 g/mol. The fourth-order valence-electron chi connectivity index (χ4n) is 2.41. The molecule has 0 aliphatic heterocycles. The van der Waals surface area contributed by atoms with Crippen LogP contribution in [0, 0.1) is 0 Å². The molecule has 20 heavy (non-hydrogen) atoms.